The minimum atomic E-state index is 0.269. The number of anilines is 2. The van der Waals surface area contributed by atoms with Gasteiger partial charge in [-0.25, -0.2) is 4.98 Å². The van der Waals surface area contributed by atoms with Gasteiger partial charge in [0, 0.05) is 19.7 Å². The van der Waals surface area contributed by atoms with Crippen LogP contribution in [0.15, 0.2) is 12.4 Å². The van der Waals surface area contributed by atoms with Gasteiger partial charge in [-0.05, 0) is 31.1 Å². The summed E-state index contributed by atoms with van der Waals surface area (Å²) in [7, 11) is 0. The standard InChI is InChI=1S/C13H22N4O/c1-2-6-15-11-8-14-9-12(17-11)16-10-13(3-4-13)5-7-18/h8-9,18H,2-7,10H2,1H3,(H2,15,16,17). The van der Waals surface area contributed by atoms with E-state index in [2.05, 4.69) is 27.5 Å². The Morgan fingerprint density at radius 2 is 2.00 bits per heavy atom. The Morgan fingerprint density at radius 1 is 1.28 bits per heavy atom. The first-order chi connectivity index (χ1) is 8.78. The van der Waals surface area contributed by atoms with Crippen molar-refractivity contribution >= 4 is 11.6 Å². The molecule has 1 aliphatic carbocycles. The average molecular weight is 250 g/mol. The van der Waals surface area contributed by atoms with E-state index in [1.807, 2.05) is 0 Å². The van der Waals surface area contributed by atoms with Crippen molar-refractivity contribution < 1.29 is 5.11 Å². The molecule has 0 aliphatic heterocycles. The second kappa shape index (κ2) is 6.00. The first-order valence-electron chi connectivity index (χ1n) is 6.69. The molecule has 0 aromatic carbocycles. The molecule has 3 N–H and O–H groups in total. The summed E-state index contributed by atoms with van der Waals surface area (Å²) < 4.78 is 0. The van der Waals surface area contributed by atoms with Crippen LogP contribution in [0.5, 0.6) is 0 Å². The SMILES string of the molecule is CCCNc1cncc(NCC2(CCO)CC2)n1. The van der Waals surface area contributed by atoms with E-state index < -0.39 is 0 Å². The number of nitrogens with one attached hydrogen (secondary N) is 2. The van der Waals surface area contributed by atoms with Crippen molar-refractivity contribution in [3.8, 4) is 0 Å². The van der Waals surface area contributed by atoms with Gasteiger partial charge < -0.3 is 15.7 Å². The minimum absolute atomic E-state index is 0.269. The maximum Gasteiger partial charge on any atom is 0.146 e. The summed E-state index contributed by atoms with van der Waals surface area (Å²) in [6.07, 6.45) is 7.82. The summed E-state index contributed by atoms with van der Waals surface area (Å²) in [6, 6.07) is 0. The smallest absolute Gasteiger partial charge is 0.146 e. The number of hydrogen-bond donors (Lipinski definition) is 3. The molecule has 0 amide bonds. The molecule has 5 heteroatoms. The molecule has 18 heavy (non-hydrogen) atoms. The van der Waals surface area contributed by atoms with Crippen molar-refractivity contribution in [2.75, 3.05) is 30.3 Å². The van der Waals surface area contributed by atoms with Crippen LogP contribution < -0.4 is 10.6 Å². The number of rotatable bonds is 8. The second-order valence-corrected chi connectivity index (χ2v) is 5.04. The van der Waals surface area contributed by atoms with Gasteiger partial charge in [0.2, 0.25) is 0 Å². The molecule has 0 atom stereocenters. The summed E-state index contributed by atoms with van der Waals surface area (Å²) in [5.74, 6) is 1.62. The van der Waals surface area contributed by atoms with Gasteiger partial charge in [-0.1, -0.05) is 6.92 Å². The Kier molecular flexibility index (Phi) is 4.36. The van der Waals surface area contributed by atoms with E-state index in [0.717, 1.165) is 37.6 Å². The van der Waals surface area contributed by atoms with Gasteiger partial charge in [-0.2, -0.15) is 0 Å². The zero-order chi connectivity index (χ0) is 12.8. The highest BCUT2D eigenvalue weighted by Gasteiger charge is 2.41. The zero-order valence-corrected chi connectivity index (χ0v) is 10.9. The maximum absolute atomic E-state index is 9.01. The fourth-order valence-corrected chi connectivity index (χ4v) is 2.00. The number of nitrogens with zero attached hydrogens (tertiary/aromatic N) is 2. The Labute approximate surface area is 108 Å². The van der Waals surface area contributed by atoms with E-state index in [0.29, 0.717) is 5.41 Å². The Hall–Kier alpha value is -1.36. The van der Waals surface area contributed by atoms with Crippen LogP contribution in [0.4, 0.5) is 11.6 Å². The lowest BCUT2D eigenvalue weighted by Gasteiger charge is -2.15. The van der Waals surface area contributed by atoms with Crippen LogP contribution in [0, 0.1) is 5.41 Å². The average Bonchev–Trinajstić information content (AvgIpc) is 3.15. The first kappa shape index (κ1) is 13.1. The Morgan fingerprint density at radius 3 is 2.61 bits per heavy atom. The van der Waals surface area contributed by atoms with Gasteiger partial charge in [0.05, 0.1) is 12.4 Å². The molecule has 0 spiro atoms. The van der Waals surface area contributed by atoms with E-state index in [9.17, 15) is 0 Å². The monoisotopic (exact) mass is 250 g/mol. The molecule has 0 unspecified atom stereocenters. The molecule has 1 heterocycles. The third-order valence-electron chi connectivity index (χ3n) is 3.43. The van der Waals surface area contributed by atoms with Crippen molar-refractivity contribution in [2.45, 2.75) is 32.6 Å². The highest BCUT2D eigenvalue weighted by atomic mass is 16.3. The van der Waals surface area contributed by atoms with Crippen LogP contribution in [0.25, 0.3) is 0 Å². The first-order valence-corrected chi connectivity index (χ1v) is 6.69. The summed E-state index contributed by atoms with van der Waals surface area (Å²) in [4.78, 5) is 8.62. The largest absolute Gasteiger partial charge is 0.396 e. The second-order valence-electron chi connectivity index (χ2n) is 5.04. The van der Waals surface area contributed by atoms with Gasteiger partial charge in [0.25, 0.3) is 0 Å². The zero-order valence-electron chi connectivity index (χ0n) is 10.9. The van der Waals surface area contributed by atoms with Crippen molar-refractivity contribution in [3.05, 3.63) is 12.4 Å². The lowest BCUT2D eigenvalue weighted by molar-refractivity contribution is 0.253. The van der Waals surface area contributed by atoms with E-state index in [-0.39, 0.29) is 6.61 Å². The van der Waals surface area contributed by atoms with Gasteiger partial charge in [-0.15, -0.1) is 0 Å². The predicted molar refractivity (Wildman–Crippen MR) is 72.7 cm³/mol. The molecule has 1 fully saturated rings. The summed E-state index contributed by atoms with van der Waals surface area (Å²) in [5, 5.41) is 15.6. The fourth-order valence-electron chi connectivity index (χ4n) is 2.00. The normalized spacial score (nSPS) is 16.3. The Bertz CT molecular complexity index is 379. The number of hydrogen-bond acceptors (Lipinski definition) is 5. The van der Waals surface area contributed by atoms with E-state index in [1.54, 1.807) is 12.4 Å². The highest BCUT2D eigenvalue weighted by Crippen LogP contribution is 2.48. The van der Waals surface area contributed by atoms with Crippen LogP contribution in [-0.4, -0.2) is 34.8 Å². The molecule has 2 rings (SSSR count). The molecule has 1 aromatic rings. The summed E-state index contributed by atoms with van der Waals surface area (Å²) >= 11 is 0. The lowest BCUT2D eigenvalue weighted by Crippen LogP contribution is -2.17. The molecule has 0 bridgehead atoms. The van der Waals surface area contributed by atoms with Gasteiger partial charge in [-0.3, -0.25) is 4.98 Å². The third kappa shape index (κ3) is 3.57. The van der Waals surface area contributed by atoms with Crippen LogP contribution in [-0.2, 0) is 0 Å². The van der Waals surface area contributed by atoms with E-state index >= 15 is 0 Å². The van der Waals surface area contributed by atoms with E-state index in [4.69, 9.17) is 5.11 Å². The third-order valence-corrected chi connectivity index (χ3v) is 3.43. The number of aromatic nitrogens is 2. The summed E-state index contributed by atoms with van der Waals surface area (Å²) in [5.41, 5.74) is 0.295. The molecule has 1 aliphatic rings. The Balaban J connectivity index is 1.85. The highest BCUT2D eigenvalue weighted by molar-refractivity contribution is 5.41. The molecule has 5 nitrogen and oxygen atoms in total. The minimum Gasteiger partial charge on any atom is -0.396 e. The van der Waals surface area contributed by atoms with Crippen LogP contribution in [0.1, 0.15) is 32.6 Å². The molecule has 100 valence electrons. The predicted octanol–water partition coefficient (Wildman–Crippen LogP) is 1.87. The molecule has 1 saturated carbocycles. The van der Waals surface area contributed by atoms with Crippen molar-refractivity contribution in [1.82, 2.24) is 9.97 Å². The number of aliphatic hydroxyl groups is 1. The lowest BCUT2D eigenvalue weighted by atomic mass is 10.0. The molecule has 0 saturated heterocycles. The van der Waals surface area contributed by atoms with Crippen molar-refractivity contribution in [3.63, 3.8) is 0 Å². The molecular formula is C13H22N4O. The quantitative estimate of drug-likeness (QED) is 0.657. The van der Waals surface area contributed by atoms with Gasteiger partial charge in [0.15, 0.2) is 0 Å². The van der Waals surface area contributed by atoms with Crippen molar-refractivity contribution in [1.29, 1.82) is 0 Å². The molecule has 0 radical (unpaired) electrons. The fraction of sp³-hybridized carbons (Fsp3) is 0.692. The van der Waals surface area contributed by atoms with Crippen LogP contribution in [0.2, 0.25) is 0 Å². The van der Waals surface area contributed by atoms with Gasteiger partial charge >= 0.3 is 0 Å². The molecular weight excluding hydrogens is 228 g/mol. The van der Waals surface area contributed by atoms with E-state index in [1.165, 1.54) is 12.8 Å². The van der Waals surface area contributed by atoms with Crippen LogP contribution in [0.3, 0.4) is 0 Å². The number of aliphatic hydroxyl groups excluding tert-OH is 1. The topological polar surface area (TPSA) is 70.1 Å². The van der Waals surface area contributed by atoms with Crippen molar-refractivity contribution in [2.24, 2.45) is 5.41 Å². The van der Waals surface area contributed by atoms with Gasteiger partial charge in [0.1, 0.15) is 11.6 Å². The molecule has 1 aromatic heterocycles. The maximum atomic E-state index is 9.01. The summed E-state index contributed by atoms with van der Waals surface area (Å²) in [6.45, 7) is 4.17. The van der Waals surface area contributed by atoms with Crippen LogP contribution >= 0.6 is 0 Å².